The Morgan fingerprint density at radius 1 is 1.12 bits per heavy atom. The van der Waals surface area contributed by atoms with Crippen LogP contribution in [0.2, 0.25) is 0 Å². The van der Waals surface area contributed by atoms with Gasteiger partial charge < -0.3 is 20.4 Å². The predicted octanol–water partition coefficient (Wildman–Crippen LogP) is 0.622. The molecule has 0 atom stereocenters. The van der Waals surface area contributed by atoms with Crippen molar-refractivity contribution in [1.29, 1.82) is 0 Å². The molecule has 0 spiro atoms. The van der Waals surface area contributed by atoms with Crippen molar-refractivity contribution in [2.24, 2.45) is 0 Å². The molecule has 0 unspecified atom stereocenters. The molecule has 88 valence electrons. The second-order valence-electron chi connectivity index (χ2n) is 3.06. The monoisotopic (exact) mass is 236 g/mol. The molecule has 0 heterocycles. The summed E-state index contributed by atoms with van der Waals surface area (Å²) in [6.07, 6.45) is -0.428. The highest BCUT2D eigenvalue weighted by Crippen LogP contribution is 2.26. The Labute approximate surface area is 95.8 Å². The number of aromatic carboxylic acids is 1. The predicted molar refractivity (Wildman–Crippen MR) is 55.9 cm³/mol. The minimum atomic E-state index is -1.37. The maximum absolute atomic E-state index is 10.7. The van der Waals surface area contributed by atoms with E-state index in [9.17, 15) is 19.8 Å². The zero-order valence-corrected chi connectivity index (χ0v) is 8.47. The first-order chi connectivity index (χ1) is 7.91. The van der Waals surface area contributed by atoms with Crippen LogP contribution < -0.4 is 0 Å². The van der Waals surface area contributed by atoms with Gasteiger partial charge in [0, 0.05) is 6.07 Å². The molecule has 6 heteroatoms. The highest BCUT2D eigenvalue weighted by atomic mass is 16.4. The number of hydrogen-bond donors (Lipinski definition) is 4. The summed E-state index contributed by atoms with van der Waals surface area (Å²) >= 11 is 0. The number of carboxylic acids is 2. The number of rotatable bonds is 2. The number of aliphatic carboxylic acids is 1. The van der Waals surface area contributed by atoms with Gasteiger partial charge in [-0.1, -0.05) is 11.8 Å². The van der Waals surface area contributed by atoms with Crippen molar-refractivity contribution in [3.63, 3.8) is 0 Å². The summed E-state index contributed by atoms with van der Waals surface area (Å²) in [5.74, 6) is 1.06. The topological polar surface area (TPSA) is 115 Å². The van der Waals surface area contributed by atoms with Crippen LogP contribution in [0.5, 0.6) is 11.5 Å². The molecule has 1 rings (SSSR count). The zero-order valence-electron chi connectivity index (χ0n) is 8.47. The van der Waals surface area contributed by atoms with Crippen LogP contribution in [0.15, 0.2) is 12.1 Å². The molecule has 0 aromatic heterocycles. The molecule has 0 amide bonds. The Bertz CT molecular complexity index is 535. The second kappa shape index (κ2) is 4.90. The molecule has 0 saturated heterocycles. The Kier molecular flexibility index (Phi) is 3.57. The van der Waals surface area contributed by atoms with Gasteiger partial charge in [-0.3, -0.25) is 4.79 Å². The fraction of sp³-hybridized carbons (Fsp3) is 0.0909. The van der Waals surface area contributed by atoms with Crippen molar-refractivity contribution in [2.45, 2.75) is 6.42 Å². The lowest BCUT2D eigenvalue weighted by molar-refractivity contribution is -0.135. The molecule has 17 heavy (non-hydrogen) atoms. The summed E-state index contributed by atoms with van der Waals surface area (Å²) in [6, 6.07) is 1.82. The van der Waals surface area contributed by atoms with Gasteiger partial charge in [-0.2, -0.15) is 0 Å². The van der Waals surface area contributed by atoms with E-state index in [0.29, 0.717) is 0 Å². The van der Waals surface area contributed by atoms with Crippen LogP contribution in [-0.2, 0) is 4.79 Å². The molecule has 0 bridgehead atoms. The van der Waals surface area contributed by atoms with E-state index < -0.39 is 35.4 Å². The Balaban J connectivity index is 3.15. The minimum Gasteiger partial charge on any atom is -0.507 e. The fourth-order valence-corrected chi connectivity index (χ4v) is 1.06. The summed E-state index contributed by atoms with van der Waals surface area (Å²) < 4.78 is 0. The molecular formula is C11H8O6. The number of benzene rings is 1. The maximum atomic E-state index is 10.7. The van der Waals surface area contributed by atoms with Crippen molar-refractivity contribution in [3.8, 4) is 23.3 Å². The van der Waals surface area contributed by atoms with Crippen LogP contribution in [0.25, 0.3) is 0 Å². The van der Waals surface area contributed by atoms with Crippen LogP contribution in [0.1, 0.15) is 22.3 Å². The van der Waals surface area contributed by atoms with Crippen molar-refractivity contribution in [1.82, 2.24) is 0 Å². The van der Waals surface area contributed by atoms with Gasteiger partial charge in [0.25, 0.3) is 0 Å². The number of phenols is 2. The molecule has 0 aliphatic rings. The molecular weight excluding hydrogens is 228 g/mol. The first kappa shape index (κ1) is 12.4. The molecule has 0 aliphatic heterocycles. The van der Waals surface area contributed by atoms with E-state index in [0.717, 1.165) is 12.1 Å². The molecule has 1 aromatic rings. The minimum absolute atomic E-state index is 0.0542. The van der Waals surface area contributed by atoms with Crippen LogP contribution >= 0.6 is 0 Å². The number of aromatic hydroxyl groups is 2. The number of hydrogen-bond acceptors (Lipinski definition) is 4. The molecule has 0 radical (unpaired) electrons. The fourth-order valence-electron chi connectivity index (χ4n) is 1.06. The lowest BCUT2D eigenvalue weighted by Gasteiger charge is -2.02. The highest BCUT2D eigenvalue weighted by Gasteiger charge is 2.12. The second-order valence-corrected chi connectivity index (χ2v) is 3.06. The Morgan fingerprint density at radius 3 is 2.29 bits per heavy atom. The normalized spacial score (nSPS) is 9.18. The van der Waals surface area contributed by atoms with Gasteiger partial charge in [-0.25, -0.2) is 4.79 Å². The van der Waals surface area contributed by atoms with E-state index >= 15 is 0 Å². The van der Waals surface area contributed by atoms with Gasteiger partial charge >= 0.3 is 11.9 Å². The van der Waals surface area contributed by atoms with E-state index in [2.05, 4.69) is 11.8 Å². The molecule has 0 saturated carbocycles. The summed E-state index contributed by atoms with van der Waals surface area (Å²) in [5, 5.41) is 35.6. The van der Waals surface area contributed by atoms with Crippen LogP contribution in [0.4, 0.5) is 0 Å². The molecule has 0 fully saturated rings. The average Bonchev–Trinajstić information content (AvgIpc) is 2.20. The standard InChI is InChI=1S/C11H8O6/c12-8-5-9(13)7(11(16)17)4-6(8)2-1-3-10(14)15/h4-5,12-13H,3H2,(H,14,15)(H,16,17). The summed E-state index contributed by atoms with van der Waals surface area (Å²) in [5.41, 5.74) is -0.469. The largest absolute Gasteiger partial charge is 0.507 e. The molecule has 4 N–H and O–H groups in total. The summed E-state index contributed by atoms with van der Waals surface area (Å²) in [4.78, 5) is 20.9. The zero-order chi connectivity index (χ0) is 13.0. The first-order valence-electron chi connectivity index (χ1n) is 4.41. The van der Waals surface area contributed by atoms with Crippen molar-refractivity contribution >= 4 is 11.9 Å². The number of carbonyl (C=O) groups is 2. The van der Waals surface area contributed by atoms with E-state index in [1.165, 1.54) is 0 Å². The lowest BCUT2D eigenvalue weighted by atomic mass is 10.1. The smallest absolute Gasteiger partial charge is 0.339 e. The third-order valence-corrected chi connectivity index (χ3v) is 1.81. The van der Waals surface area contributed by atoms with E-state index in [1.807, 2.05) is 0 Å². The van der Waals surface area contributed by atoms with Crippen molar-refractivity contribution in [2.75, 3.05) is 0 Å². The maximum Gasteiger partial charge on any atom is 0.339 e. The van der Waals surface area contributed by atoms with Gasteiger partial charge in [-0.05, 0) is 6.07 Å². The van der Waals surface area contributed by atoms with E-state index in [4.69, 9.17) is 10.2 Å². The first-order valence-corrected chi connectivity index (χ1v) is 4.41. The van der Waals surface area contributed by atoms with Gasteiger partial charge in [0.15, 0.2) is 0 Å². The summed E-state index contributed by atoms with van der Waals surface area (Å²) in [7, 11) is 0. The SMILES string of the molecule is O=C(O)CC#Cc1cc(C(=O)O)c(O)cc1O. The highest BCUT2D eigenvalue weighted by molar-refractivity contribution is 5.91. The van der Waals surface area contributed by atoms with Gasteiger partial charge in [0.1, 0.15) is 23.5 Å². The third-order valence-electron chi connectivity index (χ3n) is 1.81. The molecule has 6 nitrogen and oxygen atoms in total. The van der Waals surface area contributed by atoms with Crippen molar-refractivity contribution < 1.29 is 30.0 Å². The Hall–Kier alpha value is -2.68. The van der Waals surface area contributed by atoms with Crippen LogP contribution in [-0.4, -0.2) is 32.4 Å². The van der Waals surface area contributed by atoms with Gasteiger partial charge in [0.2, 0.25) is 0 Å². The van der Waals surface area contributed by atoms with E-state index in [1.54, 1.807) is 0 Å². The van der Waals surface area contributed by atoms with E-state index in [-0.39, 0.29) is 5.56 Å². The molecule has 1 aromatic carbocycles. The van der Waals surface area contributed by atoms with Crippen molar-refractivity contribution in [3.05, 3.63) is 23.3 Å². The quantitative estimate of drug-likeness (QED) is 0.559. The molecule has 0 aliphatic carbocycles. The average molecular weight is 236 g/mol. The Morgan fingerprint density at radius 2 is 1.76 bits per heavy atom. The van der Waals surface area contributed by atoms with Gasteiger partial charge in [-0.15, -0.1) is 0 Å². The number of phenolic OH excluding ortho intramolecular Hbond substituents is 1. The van der Waals surface area contributed by atoms with Gasteiger partial charge in [0.05, 0.1) is 5.56 Å². The lowest BCUT2D eigenvalue weighted by Crippen LogP contribution is -1.97. The number of carboxylic acid groups (broad SMARTS) is 2. The van der Waals surface area contributed by atoms with Crippen LogP contribution in [0, 0.1) is 11.8 Å². The third kappa shape index (κ3) is 3.14. The summed E-state index contributed by atoms with van der Waals surface area (Å²) in [6.45, 7) is 0. The van der Waals surface area contributed by atoms with Crippen LogP contribution in [0.3, 0.4) is 0 Å².